The van der Waals surface area contributed by atoms with E-state index in [1.54, 1.807) is 7.11 Å². The molecule has 3 aromatic rings. The minimum Gasteiger partial charge on any atom is -0.497 e. The fraction of sp³-hybridized carbons (Fsp3) is 0.318. The van der Waals surface area contributed by atoms with Crippen molar-refractivity contribution in [2.75, 3.05) is 25.1 Å². The van der Waals surface area contributed by atoms with Crippen LogP contribution in [0, 0.1) is 5.92 Å². The molecule has 1 aliphatic rings. The topological polar surface area (TPSA) is 80.5 Å². The Bertz CT molecular complexity index is 988. The smallest absolute Gasteiger partial charge is 0.324 e. The van der Waals surface area contributed by atoms with Gasteiger partial charge >= 0.3 is 6.01 Å². The van der Waals surface area contributed by atoms with Crippen molar-refractivity contribution in [1.29, 1.82) is 0 Å². The van der Waals surface area contributed by atoms with Gasteiger partial charge < -0.3 is 19.5 Å². The number of piperidine rings is 1. The van der Waals surface area contributed by atoms with Gasteiger partial charge in [0.05, 0.1) is 13.0 Å². The van der Waals surface area contributed by atoms with Gasteiger partial charge in [0, 0.05) is 30.2 Å². The number of ether oxygens (including phenoxy) is 1. The second kappa shape index (κ2) is 9.17. The molecule has 1 N–H and O–H groups in total. The molecule has 0 bridgehead atoms. The molecule has 0 saturated carbocycles. The number of methoxy groups -OCH3 is 1. The van der Waals surface area contributed by atoms with Crippen LogP contribution in [0.3, 0.4) is 0 Å². The summed E-state index contributed by atoms with van der Waals surface area (Å²) in [5, 5.41) is 7.79. The lowest BCUT2D eigenvalue weighted by molar-refractivity contribution is -0.125. The van der Waals surface area contributed by atoms with E-state index in [1.807, 2.05) is 53.4 Å². The Labute approximate surface area is 180 Å². The van der Waals surface area contributed by atoms with E-state index >= 15 is 0 Å². The van der Waals surface area contributed by atoms with Gasteiger partial charge in [-0.25, -0.2) is 0 Å². The lowest BCUT2D eigenvalue weighted by atomic mass is 9.97. The fourth-order valence-corrected chi connectivity index (χ4v) is 3.63. The van der Waals surface area contributed by atoms with Crippen molar-refractivity contribution in [3.63, 3.8) is 0 Å². The van der Waals surface area contributed by atoms with Crippen LogP contribution in [0.4, 0.5) is 6.01 Å². The summed E-state index contributed by atoms with van der Waals surface area (Å²) >= 11 is 5.91. The number of benzene rings is 2. The van der Waals surface area contributed by atoms with E-state index in [9.17, 15) is 4.79 Å². The Morgan fingerprint density at radius 1 is 1.23 bits per heavy atom. The summed E-state index contributed by atoms with van der Waals surface area (Å²) in [6, 6.07) is 15.4. The van der Waals surface area contributed by atoms with Crippen LogP contribution in [0.25, 0.3) is 11.4 Å². The maximum atomic E-state index is 12.7. The van der Waals surface area contributed by atoms with Gasteiger partial charge in [0.15, 0.2) is 0 Å². The first-order valence-electron chi connectivity index (χ1n) is 9.87. The first-order valence-corrected chi connectivity index (χ1v) is 10.3. The summed E-state index contributed by atoms with van der Waals surface area (Å²) in [4.78, 5) is 19.2. The highest BCUT2D eigenvalue weighted by Crippen LogP contribution is 2.26. The average Bonchev–Trinajstić information content (AvgIpc) is 3.29. The highest BCUT2D eigenvalue weighted by atomic mass is 35.5. The van der Waals surface area contributed by atoms with Gasteiger partial charge in [-0.15, -0.1) is 0 Å². The van der Waals surface area contributed by atoms with Crippen LogP contribution >= 0.6 is 11.6 Å². The van der Waals surface area contributed by atoms with Gasteiger partial charge in [-0.2, -0.15) is 4.98 Å². The van der Waals surface area contributed by atoms with Crippen LogP contribution < -0.4 is 15.0 Å². The lowest BCUT2D eigenvalue weighted by Gasteiger charge is -2.30. The Hall–Kier alpha value is -3.06. The summed E-state index contributed by atoms with van der Waals surface area (Å²) in [6.45, 7) is 1.82. The number of nitrogens with zero attached hydrogens (tertiary/aromatic N) is 3. The van der Waals surface area contributed by atoms with E-state index in [-0.39, 0.29) is 11.8 Å². The molecule has 1 saturated heterocycles. The molecule has 30 heavy (non-hydrogen) atoms. The molecule has 7 nitrogen and oxygen atoms in total. The molecule has 2 aromatic carbocycles. The Kier molecular flexibility index (Phi) is 6.18. The maximum Gasteiger partial charge on any atom is 0.324 e. The summed E-state index contributed by atoms with van der Waals surface area (Å²) in [5.74, 6) is 1.19. The number of carbonyl (C=O) groups excluding carboxylic acids is 1. The molecule has 8 heteroatoms. The van der Waals surface area contributed by atoms with Crippen LogP contribution in [0.1, 0.15) is 18.4 Å². The standard InChI is InChI=1S/C22H23ClN4O3/c1-29-19-10-6-16(7-11-19)20-25-22(30-26-20)27-12-2-3-17(14-27)21(28)24-13-15-4-8-18(23)9-5-15/h4-11,17H,2-3,12-14H2,1H3,(H,24,28)/t17-/m1/s1. The molecule has 1 amide bonds. The highest BCUT2D eigenvalue weighted by Gasteiger charge is 2.28. The van der Waals surface area contributed by atoms with Gasteiger partial charge in [0.25, 0.3) is 0 Å². The van der Waals surface area contributed by atoms with Crippen molar-refractivity contribution in [3.05, 3.63) is 59.1 Å². The van der Waals surface area contributed by atoms with Gasteiger partial charge in [-0.05, 0) is 54.8 Å². The molecule has 0 unspecified atom stereocenters. The Balaban J connectivity index is 1.37. The van der Waals surface area contributed by atoms with Crippen molar-refractivity contribution >= 4 is 23.5 Å². The molecular formula is C22H23ClN4O3. The highest BCUT2D eigenvalue weighted by molar-refractivity contribution is 6.30. The Morgan fingerprint density at radius 3 is 2.73 bits per heavy atom. The number of carbonyl (C=O) groups is 1. The minimum absolute atomic E-state index is 0.0320. The van der Waals surface area contributed by atoms with Crippen LogP contribution in [-0.2, 0) is 11.3 Å². The number of anilines is 1. The van der Waals surface area contributed by atoms with Crippen LogP contribution in [0.2, 0.25) is 5.02 Å². The molecule has 1 fully saturated rings. The van der Waals surface area contributed by atoms with E-state index in [0.29, 0.717) is 30.0 Å². The third-order valence-corrected chi connectivity index (χ3v) is 5.46. The largest absolute Gasteiger partial charge is 0.497 e. The zero-order valence-corrected chi connectivity index (χ0v) is 17.4. The van der Waals surface area contributed by atoms with Crippen LogP contribution in [0.15, 0.2) is 53.1 Å². The third kappa shape index (κ3) is 4.74. The zero-order valence-electron chi connectivity index (χ0n) is 16.7. The molecule has 0 radical (unpaired) electrons. The van der Waals surface area contributed by atoms with E-state index in [1.165, 1.54) is 0 Å². The van der Waals surface area contributed by atoms with E-state index in [2.05, 4.69) is 15.5 Å². The Morgan fingerprint density at radius 2 is 2.00 bits per heavy atom. The molecule has 0 spiro atoms. The number of nitrogens with one attached hydrogen (secondary N) is 1. The summed E-state index contributed by atoms with van der Waals surface area (Å²) in [5.41, 5.74) is 1.86. The van der Waals surface area contributed by atoms with Crippen LogP contribution in [0.5, 0.6) is 5.75 Å². The fourth-order valence-electron chi connectivity index (χ4n) is 3.50. The predicted octanol–water partition coefficient (Wildman–Crippen LogP) is 3.93. The monoisotopic (exact) mass is 426 g/mol. The molecule has 1 aromatic heterocycles. The second-order valence-electron chi connectivity index (χ2n) is 7.26. The van der Waals surface area contributed by atoms with Crippen molar-refractivity contribution in [2.45, 2.75) is 19.4 Å². The number of rotatable bonds is 6. The van der Waals surface area contributed by atoms with Gasteiger partial charge in [-0.1, -0.05) is 28.9 Å². The normalized spacial score (nSPS) is 16.3. The predicted molar refractivity (Wildman–Crippen MR) is 115 cm³/mol. The quantitative estimate of drug-likeness (QED) is 0.643. The molecular weight excluding hydrogens is 404 g/mol. The first-order chi connectivity index (χ1) is 14.6. The number of hydrogen-bond donors (Lipinski definition) is 1. The summed E-state index contributed by atoms with van der Waals surface area (Å²) in [7, 11) is 1.62. The number of aromatic nitrogens is 2. The van der Waals surface area contributed by atoms with Crippen molar-refractivity contribution in [1.82, 2.24) is 15.5 Å². The zero-order chi connectivity index (χ0) is 20.9. The summed E-state index contributed by atoms with van der Waals surface area (Å²) in [6.07, 6.45) is 1.72. The average molecular weight is 427 g/mol. The third-order valence-electron chi connectivity index (χ3n) is 5.21. The molecule has 156 valence electrons. The summed E-state index contributed by atoms with van der Waals surface area (Å²) < 4.78 is 10.6. The molecule has 1 aliphatic heterocycles. The van der Waals surface area contributed by atoms with Crippen molar-refractivity contribution in [3.8, 4) is 17.1 Å². The SMILES string of the molecule is COc1ccc(-c2noc(N3CCC[C@@H](C(=O)NCc4ccc(Cl)cc4)C3)n2)cc1. The van der Waals surface area contributed by atoms with E-state index in [0.717, 1.165) is 36.3 Å². The maximum absolute atomic E-state index is 12.7. The van der Waals surface area contributed by atoms with Crippen molar-refractivity contribution < 1.29 is 14.1 Å². The van der Waals surface area contributed by atoms with Crippen LogP contribution in [-0.4, -0.2) is 36.2 Å². The first kappa shape index (κ1) is 20.2. The van der Waals surface area contributed by atoms with Crippen molar-refractivity contribution in [2.24, 2.45) is 5.92 Å². The molecule has 4 rings (SSSR count). The second-order valence-corrected chi connectivity index (χ2v) is 7.69. The molecule has 1 atom stereocenters. The lowest BCUT2D eigenvalue weighted by Crippen LogP contribution is -2.43. The number of amides is 1. The minimum atomic E-state index is -0.123. The number of hydrogen-bond acceptors (Lipinski definition) is 6. The van der Waals surface area contributed by atoms with Gasteiger partial charge in [0.2, 0.25) is 11.7 Å². The van der Waals surface area contributed by atoms with Gasteiger partial charge in [0.1, 0.15) is 5.75 Å². The molecule has 0 aliphatic carbocycles. The van der Waals surface area contributed by atoms with Gasteiger partial charge in [-0.3, -0.25) is 4.79 Å². The van der Waals surface area contributed by atoms with E-state index in [4.69, 9.17) is 20.9 Å². The molecule has 2 heterocycles. The number of halogens is 1. The van der Waals surface area contributed by atoms with E-state index < -0.39 is 0 Å².